The molecule has 0 N–H and O–H groups in total. The summed E-state index contributed by atoms with van der Waals surface area (Å²) in [6, 6.07) is 138. The van der Waals surface area contributed by atoms with Gasteiger partial charge in [-0.2, -0.15) is 0 Å². The van der Waals surface area contributed by atoms with Gasteiger partial charge < -0.3 is 14.4 Å². The molecule has 2 aliphatic heterocycles. The average molecular weight is 1180 g/mol. The van der Waals surface area contributed by atoms with Crippen LogP contribution >= 0.6 is 0 Å². The van der Waals surface area contributed by atoms with E-state index in [0.717, 1.165) is 39.5 Å². The molecule has 3 nitrogen and oxygen atoms in total. The molecule has 15 aromatic rings. The summed E-state index contributed by atoms with van der Waals surface area (Å²) in [5.41, 5.74) is 16.4. The van der Waals surface area contributed by atoms with Gasteiger partial charge in [-0.3, -0.25) is 0 Å². The van der Waals surface area contributed by atoms with Crippen molar-refractivity contribution in [1.82, 2.24) is 4.57 Å². The maximum absolute atomic E-state index is 3.09. The molecule has 0 amide bonds. The number of fused-ring (bicyclic) bond motifs is 7. The van der Waals surface area contributed by atoms with E-state index in [1.807, 2.05) is 0 Å². The normalized spacial score (nSPS) is 12.6. The Kier molecular flexibility index (Phi) is 13.0. The minimum absolute atomic E-state index is 0.136. The van der Waals surface area contributed by atoms with Gasteiger partial charge in [0.2, 0.25) is 0 Å². The topological polar surface area (TPSA) is 11.4 Å². The zero-order chi connectivity index (χ0) is 59.6. The van der Waals surface area contributed by atoms with Gasteiger partial charge in [-0.15, -0.1) is 0 Å². The highest BCUT2D eigenvalue weighted by atomic mass is 28.3. The Labute approximate surface area is 528 Å². The highest BCUT2D eigenvalue weighted by molar-refractivity contribution is 7.20. The Morgan fingerprint density at radius 3 is 1.09 bits per heavy atom. The van der Waals surface area contributed by atoms with Crippen molar-refractivity contribution < 1.29 is 0 Å². The Bertz CT molecular complexity index is 4900. The summed E-state index contributed by atoms with van der Waals surface area (Å²) in [5, 5.41) is 13.1. The van der Waals surface area contributed by atoms with Crippen molar-refractivity contribution in [3.05, 3.63) is 364 Å². The van der Waals surface area contributed by atoms with Crippen LogP contribution < -0.4 is 67.7 Å². The maximum Gasteiger partial charge on any atom is 0.252 e. The van der Waals surface area contributed by atoms with Crippen LogP contribution in [0.3, 0.4) is 0 Å². The zero-order valence-electron chi connectivity index (χ0n) is 49.6. The van der Waals surface area contributed by atoms with Crippen molar-refractivity contribution in [3.8, 4) is 16.8 Å². The first-order chi connectivity index (χ1) is 44.7. The van der Waals surface area contributed by atoms with Crippen LogP contribution in [0.5, 0.6) is 0 Å². The Morgan fingerprint density at radius 1 is 0.222 bits per heavy atom. The molecular weight excluding hydrogens is 1120 g/mol. The number of benzene rings is 14. The van der Waals surface area contributed by atoms with Crippen LogP contribution in [0.15, 0.2) is 364 Å². The van der Waals surface area contributed by atoms with Crippen LogP contribution in [0.2, 0.25) is 0 Å². The Hall–Kier alpha value is -11.0. The van der Waals surface area contributed by atoms with E-state index in [9.17, 15) is 0 Å². The number of hydrogen-bond donors (Lipinski definition) is 0. The van der Waals surface area contributed by atoms with E-state index < -0.39 is 16.1 Å². The summed E-state index contributed by atoms with van der Waals surface area (Å²) >= 11 is 0. The van der Waals surface area contributed by atoms with Crippen molar-refractivity contribution in [1.29, 1.82) is 0 Å². The van der Waals surface area contributed by atoms with Crippen LogP contribution in [0.4, 0.5) is 34.1 Å². The molecule has 6 heteroatoms. The van der Waals surface area contributed by atoms with Crippen LogP contribution in [-0.2, 0) is 0 Å². The summed E-state index contributed by atoms with van der Waals surface area (Å²) < 4.78 is 2.52. The van der Waals surface area contributed by atoms with E-state index >= 15 is 0 Å². The molecule has 14 aromatic carbocycles. The van der Waals surface area contributed by atoms with Gasteiger partial charge in [0.1, 0.15) is 0 Å². The number of hydrogen-bond acceptors (Lipinski definition) is 2. The van der Waals surface area contributed by atoms with Crippen LogP contribution in [0.25, 0.3) is 38.6 Å². The smallest absolute Gasteiger partial charge is 0.252 e. The van der Waals surface area contributed by atoms with Crippen molar-refractivity contribution in [2.45, 2.75) is 0 Å². The molecule has 2 aliphatic rings. The van der Waals surface area contributed by atoms with Gasteiger partial charge in [0.25, 0.3) is 6.71 Å². The molecule has 422 valence electrons. The van der Waals surface area contributed by atoms with Gasteiger partial charge in [0.05, 0.1) is 16.7 Å². The first-order valence-electron chi connectivity index (χ1n) is 31.3. The third kappa shape index (κ3) is 8.33. The first-order valence-corrected chi connectivity index (χ1v) is 35.3. The summed E-state index contributed by atoms with van der Waals surface area (Å²) in [7, 11) is -6.15. The van der Waals surface area contributed by atoms with Crippen molar-refractivity contribution in [2.75, 3.05) is 9.80 Å². The largest absolute Gasteiger partial charge is 0.311 e. The van der Waals surface area contributed by atoms with E-state index in [-0.39, 0.29) is 6.71 Å². The van der Waals surface area contributed by atoms with Gasteiger partial charge in [0.15, 0.2) is 16.1 Å². The summed E-state index contributed by atoms with van der Waals surface area (Å²) in [5.74, 6) is 0. The molecule has 0 atom stereocenters. The fraction of sp³-hybridized carbons (Fsp3) is 0. The molecule has 1 aromatic heterocycles. The van der Waals surface area contributed by atoms with Gasteiger partial charge in [-0.1, -0.05) is 303 Å². The van der Waals surface area contributed by atoms with E-state index in [0.29, 0.717) is 0 Å². The minimum Gasteiger partial charge on any atom is -0.311 e. The van der Waals surface area contributed by atoms with E-state index in [2.05, 4.69) is 378 Å². The molecule has 0 saturated carbocycles. The summed E-state index contributed by atoms with van der Waals surface area (Å²) in [6.45, 7) is -0.136. The lowest BCUT2D eigenvalue weighted by molar-refractivity contribution is 1.16. The van der Waals surface area contributed by atoms with Crippen molar-refractivity contribution >= 4 is 137 Å². The number of nitrogens with zero attached hydrogens (tertiary/aromatic N) is 3. The number of rotatable bonds is 12. The minimum atomic E-state index is -3.09. The van der Waals surface area contributed by atoms with E-state index in [1.165, 1.54) is 91.2 Å². The molecule has 17 rings (SSSR count). The fourth-order valence-electron chi connectivity index (χ4n) is 15.5. The van der Waals surface area contributed by atoms with Crippen LogP contribution in [-0.4, -0.2) is 27.4 Å². The molecule has 0 spiro atoms. The Morgan fingerprint density at radius 2 is 0.589 bits per heavy atom. The predicted octanol–water partition coefficient (Wildman–Crippen LogP) is 13.3. The summed E-state index contributed by atoms with van der Waals surface area (Å²) in [6.07, 6.45) is 0. The third-order valence-corrected chi connectivity index (χ3v) is 28.8. The molecule has 0 saturated heterocycles. The van der Waals surface area contributed by atoms with Gasteiger partial charge in [0, 0.05) is 44.9 Å². The lowest BCUT2D eigenvalue weighted by atomic mass is 9.33. The van der Waals surface area contributed by atoms with Gasteiger partial charge in [-0.25, -0.2) is 0 Å². The van der Waals surface area contributed by atoms with Gasteiger partial charge in [-0.05, 0) is 130 Å². The Balaban J connectivity index is 1.02. The molecule has 0 aliphatic carbocycles. The van der Waals surface area contributed by atoms with Crippen LogP contribution in [0.1, 0.15) is 0 Å². The molecule has 0 bridgehead atoms. The molecule has 0 fully saturated rings. The highest BCUT2D eigenvalue weighted by Gasteiger charge is 2.48. The monoisotopic (exact) mass is 1180 g/mol. The number of para-hydroxylation sites is 3. The SMILES string of the molecule is c1ccc(-c2cccc(N3c4ccccc4B4c5ccc([Si](c6ccccc6)(c6ccccc6)c6ccccc6)cc5N(c5cccc([Si](c6ccccc6)(c6ccccc6)c6ccccc6)c5)c5cc(-n6c7ccccc7c7ccccc76)cc3c54)c2)cc1. The van der Waals surface area contributed by atoms with E-state index in [1.54, 1.807) is 0 Å². The average Bonchev–Trinajstić information content (AvgIpc) is 0.786. The molecule has 3 heterocycles. The third-order valence-electron chi connectivity index (χ3n) is 19.2. The highest BCUT2D eigenvalue weighted by Crippen LogP contribution is 2.47. The molecule has 0 radical (unpaired) electrons. The van der Waals surface area contributed by atoms with Crippen molar-refractivity contribution in [2.24, 2.45) is 0 Å². The molecule has 0 unspecified atom stereocenters. The second-order valence-electron chi connectivity index (χ2n) is 23.9. The fourth-order valence-corrected chi connectivity index (χ4v) is 25.1. The maximum atomic E-state index is 2.68. The molecule has 90 heavy (non-hydrogen) atoms. The zero-order valence-corrected chi connectivity index (χ0v) is 51.6. The second-order valence-corrected chi connectivity index (χ2v) is 31.5. The van der Waals surface area contributed by atoms with Gasteiger partial charge >= 0.3 is 0 Å². The lowest BCUT2D eigenvalue weighted by Gasteiger charge is -2.45. The second kappa shape index (κ2) is 22.0. The standard InChI is InChI=1S/C84H60BN3Si2/c1-8-30-61(31-9-1)62-32-28-33-63(56-62)86-80-53-27-24-50-76(80)85-77-55-54-73(90(69-41-16-5-17-42-69,70-43-18-6-19-44-70)71-45-20-7-21-46-71)60-81(77)87(83-59-65(58-82(86)84(83)85)88-78-51-25-22-48-74(78)75-49-23-26-52-79(75)88)64-34-29-47-72(57-64)89(66-35-10-2-11-36-66,67-37-12-3-13-38-67)68-39-14-4-15-40-68/h1-60H. The van der Waals surface area contributed by atoms with E-state index in [4.69, 9.17) is 0 Å². The quantitative estimate of drug-likeness (QED) is 0.0892. The van der Waals surface area contributed by atoms with Crippen LogP contribution in [0, 0.1) is 0 Å². The number of aromatic nitrogens is 1. The van der Waals surface area contributed by atoms with Crippen molar-refractivity contribution in [3.63, 3.8) is 0 Å². The lowest BCUT2D eigenvalue weighted by Crippen LogP contribution is -2.75. The number of anilines is 6. The predicted molar refractivity (Wildman–Crippen MR) is 387 cm³/mol. The molecular formula is C84H60BN3Si2. The first kappa shape index (κ1) is 53.2. The summed E-state index contributed by atoms with van der Waals surface area (Å²) in [4.78, 5) is 5.25.